The Morgan fingerprint density at radius 3 is 2.48 bits per heavy atom. The van der Waals surface area contributed by atoms with E-state index in [0.717, 1.165) is 5.56 Å². The van der Waals surface area contributed by atoms with Crippen LogP contribution in [-0.4, -0.2) is 29.8 Å². The number of nitrogens with one attached hydrogen (secondary N) is 1. The van der Waals surface area contributed by atoms with Gasteiger partial charge in [-0.1, -0.05) is 30.3 Å². The molecule has 1 aromatic rings. The Hall–Kier alpha value is -2.30. The van der Waals surface area contributed by atoms with Gasteiger partial charge in [-0.2, -0.15) is 0 Å². The van der Waals surface area contributed by atoms with Gasteiger partial charge in [0.15, 0.2) is 0 Å². The Bertz CT molecular complexity index is 660. The molecule has 1 N–H and O–H groups in total. The topological polar surface area (TPSA) is 64.6 Å². The molecule has 25 heavy (non-hydrogen) atoms. The van der Waals surface area contributed by atoms with E-state index >= 15 is 0 Å². The van der Waals surface area contributed by atoms with Crippen LogP contribution in [0.5, 0.6) is 0 Å². The lowest BCUT2D eigenvalue weighted by Gasteiger charge is -2.23. The maximum absolute atomic E-state index is 12.3. The summed E-state index contributed by atoms with van der Waals surface area (Å²) in [7, 11) is 0. The van der Waals surface area contributed by atoms with Crippen molar-refractivity contribution in [2.75, 3.05) is 6.61 Å². The average molecular weight is 345 g/mol. The second-order valence-electron chi connectivity index (χ2n) is 7.38. The molecule has 1 amide bonds. The first-order valence-electron chi connectivity index (χ1n) is 8.59. The van der Waals surface area contributed by atoms with E-state index in [0.29, 0.717) is 18.6 Å². The smallest absolute Gasteiger partial charge is 0.408 e. The zero-order chi connectivity index (χ0) is 18.7. The first-order chi connectivity index (χ1) is 11.7. The molecule has 1 aliphatic carbocycles. The summed E-state index contributed by atoms with van der Waals surface area (Å²) < 4.78 is 10.4. The van der Waals surface area contributed by atoms with Gasteiger partial charge in [0.05, 0.1) is 12.1 Å². The number of esters is 1. The van der Waals surface area contributed by atoms with Gasteiger partial charge in [0.2, 0.25) is 0 Å². The second-order valence-corrected chi connectivity index (χ2v) is 7.38. The van der Waals surface area contributed by atoms with E-state index in [1.54, 1.807) is 19.9 Å². The van der Waals surface area contributed by atoms with Crippen LogP contribution >= 0.6 is 0 Å². The first-order valence-corrected chi connectivity index (χ1v) is 8.59. The number of rotatable bonds is 5. The van der Waals surface area contributed by atoms with Crippen LogP contribution in [0.4, 0.5) is 4.79 Å². The van der Waals surface area contributed by atoms with Crippen LogP contribution in [0.25, 0.3) is 0 Å². The van der Waals surface area contributed by atoms with E-state index in [2.05, 4.69) is 5.32 Å². The molecule has 0 bridgehead atoms. The Morgan fingerprint density at radius 2 is 1.92 bits per heavy atom. The molecule has 0 aliphatic heterocycles. The number of alkyl carbamates (subject to hydrolysis) is 1. The average Bonchev–Trinajstić information content (AvgIpc) is 3.19. The molecule has 0 aromatic heterocycles. The van der Waals surface area contributed by atoms with Crippen molar-refractivity contribution in [1.82, 2.24) is 5.32 Å². The van der Waals surface area contributed by atoms with E-state index in [1.807, 2.05) is 51.1 Å². The van der Waals surface area contributed by atoms with E-state index in [4.69, 9.17) is 9.47 Å². The van der Waals surface area contributed by atoms with Gasteiger partial charge in [-0.25, -0.2) is 9.59 Å². The lowest BCUT2D eigenvalue weighted by Crippen LogP contribution is -2.41. The van der Waals surface area contributed by atoms with E-state index in [-0.39, 0.29) is 11.9 Å². The van der Waals surface area contributed by atoms with Crippen LogP contribution < -0.4 is 5.32 Å². The van der Waals surface area contributed by atoms with Crippen LogP contribution in [0.3, 0.4) is 0 Å². The largest absolute Gasteiger partial charge is 0.463 e. The van der Waals surface area contributed by atoms with Crippen LogP contribution in [-0.2, 0) is 14.3 Å². The lowest BCUT2D eigenvalue weighted by molar-refractivity contribution is -0.138. The van der Waals surface area contributed by atoms with Crippen molar-refractivity contribution in [3.63, 3.8) is 0 Å². The van der Waals surface area contributed by atoms with Crippen LogP contribution in [0, 0.1) is 0 Å². The fourth-order valence-electron chi connectivity index (χ4n) is 2.90. The standard InChI is InChI=1S/C20H27NO4/c1-6-24-17(22)14(2)12-20(21-18(23)25-19(3,4)5)13-16(20)15-10-8-7-9-11-15/h7-12,16H,6,13H2,1-5H3,(H,21,23)/b14-12-/t16-,20?/m0/s1. The molecule has 5 nitrogen and oxygen atoms in total. The molecule has 0 spiro atoms. The van der Waals surface area contributed by atoms with Crippen molar-refractivity contribution >= 4 is 12.1 Å². The van der Waals surface area contributed by atoms with Crippen molar-refractivity contribution in [2.24, 2.45) is 0 Å². The number of carbonyl (C=O) groups excluding carboxylic acids is 2. The Morgan fingerprint density at radius 1 is 1.28 bits per heavy atom. The summed E-state index contributed by atoms with van der Waals surface area (Å²) >= 11 is 0. The van der Waals surface area contributed by atoms with Gasteiger partial charge in [-0.15, -0.1) is 0 Å². The zero-order valence-electron chi connectivity index (χ0n) is 15.6. The summed E-state index contributed by atoms with van der Waals surface area (Å²) in [6.07, 6.45) is 2.03. The number of hydrogen-bond acceptors (Lipinski definition) is 4. The second kappa shape index (κ2) is 7.30. The SMILES string of the molecule is CCOC(=O)/C(C)=C\C1(NC(=O)OC(C)(C)C)C[C@H]1c1ccccc1. The minimum atomic E-state index is -0.624. The highest BCUT2D eigenvalue weighted by Crippen LogP contribution is 2.53. The molecule has 2 atom stereocenters. The van der Waals surface area contributed by atoms with Crippen molar-refractivity contribution < 1.29 is 19.1 Å². The van der Waals surface area contributed by atoms with Gasteiger partial charge in [-0.05, 0) is 52.7 Å². The molecule has 0 saturated heterocycles. The molecule has 136 valence electrons. The highest BCUT2D eigenvalue weighted by Gasteiger charge is 2.55. The van der Waals surface area contributed by atoms with Gasteiger partial charge in [0.1, 0.15) is 5.60 Å². The number of amides is 1. The molecule has 0 heterocycles. The molecule has 1 aromatic carbocycles. The number of hydrogen-bond donors (Lipinski definition) is 1. The van der Waals surface area contributed by atoms with Crippen molar-refractivity contribution in [3.8, 4) is 0 Å². The summed E-state index contributed by atoms with van der Waals surface area (Å²) in [6.45, 7) is 9.25. The maximum Gasteiger partial charge on any atom is 0.408 e. The van der Waals surface area contributed by atoms with Crippen LogP contribution in [0.15, 0.2) is 42.0 Å². The Labute approximate surface area is 149 Å². The molecule has 1 unspecified atom stereocenters. The highest BCUT2D eigenvalue weighted by molar-refractivity contribution is 5.88. The van der Waals surface area contributed by atoms with Crippen molar-refractivity contribution in [3.05, 3.63) is 47.5 Å². The summed E-state index contributed by atoms with van der Waals surface area (Å²) in [4.78, 5) is 24.3. The fraction of sp³-hybridized carbons (Fsp3) is 0.500. The summed E-state index contributed by atoms with van der Waals surface area (Å²) in [5.74, 6) is -0.267. The normalized spacial score (nSPS) is 22.9. The van der Waals surface area contributed by atoms with Crippen LogP contribution in [0.1, 0.15) is 52.5 Å². The zero-order valence-corrected chi connectivity index (χ0v) is 15.6. The summed E-state index contributed by atoms with van der Waals surface area (Å²) in [6, 6.07) is 9.93. The molecule has 1 aliphatic rings. The third-order valence-corrected chi connectivity index (χ3v) is 4.01. The molecule has 1 fully saturated rings. The third kappa shape index (κ3) is 5.08. The molecule has 1 saturated carbocycles. The minimum absolute atomic E-state index is 0.102. The number of ether oxygens (including phenoxy) is 2. The predicted octanol–water partition coefficient (Wildman–Crippen LogP) is 3.95. The van der Waals surface area contributed by atoms with Gasteiger partial charge >= 0.3 is 12.1 Å². The van der Waals surface area contributed by atoms with E-state index in [9.17, 15) is 9.59 Å². The van der Waals surface area contributed by atoms with Gasteiger partial charge < -0.3 is 14.8 Å². The maximum atomic E-state index is 12.3. The van der Waals surface area contributed by atoms with E-state index in [1.165, 1.54) is 0 Å². The highest BCUT2D eigenvalue weighted by atomic mass is 16.6. The molecule has 0 radical (unpaired) electrons. The lowest BCUT2D eigenvalue weighted by atomic mass is 10.0. The van der Waals surface area contributed by atoms with E-state index < -0.39 is 17.2 Å². The van der Waals surface area contributed by atoms with Crippen LogP contribution in [0.2, 0.25) is 0 Å². The number of benzene rings is 1. The fourth-order valence-corrected chi connectivity index (χ4v) is 2.90. The molecular formula is C20H27NO4. The van der Waals surface area contributed by atoms with Crippen molar-refractivity contribution in [2.45, 2.75) is 58.1 Å². The van der Waals surface area contributed by atoms with Gasteiger partial charge in [-0.3, -0.25) is 0 Å². The van der Waals surface area contributed by atoms with Gasteiger partial charge in [0.25, 0.3) is 0 Å². The predicted molar refractivity (Wildman–Crippen MR) is 96.3 cm³/mol. The Balaban J connectivity index is 2.23. The summed E-state index contributed by atoms with van der Waals surface area (Å²) in [5.41, 5.74) is 0.394. The Kier molecular flexibility index (Phi) is 5.55. The molecular weight excluding hydrogens is 318 g/mol. The van der Waals surface area contributed by atoms with Gasteiger partial charge in [0, 0.05) is 11.5 Å². The first kappa shape index (κ1) is 19.0. The quantitative estimate of drug-likeness (QED) is 0.648. The monoisotopic (exact) mass is 345 g/mol. The minimum Gasteiger partial charge on any atom is -0.463 e. The molecule has 2 rings (SSSR count). The van der Waals surface area contributed by atoms with Crippen molar-refractivity contribution in [1.29, 1.82) is 0 Å². The summed E-state index contributed by atoms with van der Waals surface area (Å²) in [5, 5.41) is 2.96. The molecule has 5 heteroatoms. The number of carbonyl (C=O) groups is 2. The third-order valence-electron chi connectivity index (χ3n) is 4.01.